The van der Waals surface area contributed by atoms with Crippen LogP contribution in [0.25, 0.3) is 16.7 Å². The van der Waals surface area contributed by atoms with Crippen molar-refractivity contribution in [2.75, 3.05) is 36.5 Å². The molecule has 3 aromatic carbocycles. The summed E-state index contributed by atoms with van der Waals surface area (Å²) in [6.07, 6.45) is 1.80. The molecule has 0 radical (unpaired) electrons. The number of carbonyl (C=O) groups is 1. The van der Waals surface area contributed by atoms with Crippen LogP contribution in [0.3, 0.4) is 0 Å². The average Bonchev–Trinajstić information content (AvgIpc) is 3.24. The van der Waals surface area contributed by atoms with E-state index in [1.54, 1.807) is 6.33 Å². The molecule has 1 N–H and O–H groups in total. The van der Waals surface area contributed by atoms with Gasteiger partial charge < -0.3 is 15.0 Å². The number of morpholine rings is 1. The van der Waals surface area contributed by atoms with Gasteiger partial charge in [-0.15, -0.1) is 0 Å². The first kappa shape index (κ1) is 18.4. The van der Waals surface area contributed by atoms with Gasteiger partial charge in [-0.1, -0.05) is 12.1 Å². The van der Waals surface area contributed by atoms with Crippen molar-refractivity contribution in [3.05, 3.63) is 84.7 Å². The third-order valence-corrected chi connectivity index (χ3v) is 5.36. The summed E-state index contributed by atoms with van der Waals surface area (Å²) in [4.78, 5) is 19.4. The van der Waals surface area contributed by atoms with E-state index in [1.165, 1.54) is 0 Å². The summed E-state index contributed by atoms with van der Waals surface area (Å²) in [7, 11) is 0. The summed E-state index contributed by atoms with van der Waals surface area (Å²) in [5.74, 6) is -0.129. The predicted molar refractivity (Wildman–Crippen MR) is 118 cm³/mol. The standard InChI is InChI=1S/C24H22N4O2/c29-24(26-19-7-11-20(12-8-19)27-13-15-30-16-14-27)18-5-9-21(10-6-18)28-17-25-22-3-1-2-4-23(22)28/h1-12,17H,13-16H2,(H,26,29). The van der Waals surface area contributed by atoms with E-state index in [0.29, 0.717) is 5.56 Å². The molecule has 150 valence electrons. The topological polar surface area (TPSA) is 59.4 Å². The monoisotopic (exact) mass is 398 g/mol. The maximum atomic E-state index is 12.7. The van der Waals surface area contributed by atoms with Crippen LogP contribution in [-0.2, 0) is 4.74 Å². The smallest absolute Gasteiger partial charge is 0.255 e. The zero-order chi connectivity index (χ0) is 20.3. The molecule has 4 aromatic rings. The molecule has 6 nitrogen and oxygen atoms in total. The van der Waals surface area contributed by atoms with Crippen LogP contribution in [0.2, 0.25) is 0 Å². The van der Waals surface area contributed by atoms with E-state index in [-0.39, 0.29) is 5.91 Å². The summed E-state index contributed by atoms with van der Waals surface area (Å²) >= 11 is 0. The Hall–Kier alpha value is -3.64. The fourth-order valence-corrected chi connectivity index (χ4v) is 3.72. The molecule has 0 atom stereocenters. The number of anilines is 2. The summed E-state index contributed by atoms with van der Waals surface area (Å²) in [5.41, 5.74) is 5.49. The molecule has 0 aliphatic carbocycles. The van der Waals surface area contributed by atoms with Gasteiger partial charge in [0.2, 0.25) is 0 Å². The number of carbonyl (C=O) groups excluding carboxylic acids is 1. The molecule has 1 amide bonds. The molecule has 30 heavy (non-hydrogen) atoms. The van der Waals surface area contributed by atoms with Gasteiger partial charge in [0.15, 0.2) is 0 Å². The van der Waals surface area contributed by atoms with Gasteiger partial charge in [-0.25, -0.2) is 4.98 Å². The molecule has 1 aliphatic rings. The summed E-state index contributed by atoms with van der Waals surface area (Å²) in [6.45, 7) is 3.29. The van der Waals surface area contributed by atoms with Crippen LogP contribution in [0.5, 0.6) is 0 Å². The minimum atomic E-state index is -0.129. The van der Waals surface area contributed by atoms with Crippen LogP contribution in [0.4, 0.5) is 11.4 Å². The molecule has 6 heteroatoms. The van der Waals surface area contributed by atoms with Crippen LogP contribution in [0.15, 0.2) is 79.1 Å². The SMILES string of the molecule is O=C(Nc1ccc(N2CCOCC2)cc1)c1ccc(-n2cnc3ccccc32)cc1. The van der Waals surface area contributed by atoms with Crippen molar-refractivity contribution in [1.82, 2.24) is 9.55 Å². The van der Waals surface area contributed by atoms with Crippen LogP contribution in [-0.4, -0.2) is 41.8 Å². The predicted octanol–water partition coefficient (Wildman–Crippen LogP) is 4.11. The van der Waals surface area contributed by atoms with Crippen LogP contribution >= 0.6 is 0 Å². The van der Waals surface area contributed by atoms with E-state index in [4.69, 9.17) is 4.74 Å². The normalized spacial score (nSPS) is 14.1. The Morgan fingerprint density at radius 2 is 1.57 bits per heavy atom. The van der Waals surface area contributed by atoms with E-state index in [9.17, 15) is 4.79 Å². The second kappa shape index (κ2) is 8.00. The number of amides is 1. The van der Waals surface area contributed by atoms with Crippen molar-refractivity contribution >= 4 is 28.3 Å². The molecule has 1 aliphatic heterocycles. The minimum Gasteiger partial charge on any atom is -0.378 e. The van der Waals surface area contributed by atoms with Crippen molar-refractivity contribution in [1.29, 1.82) is 0 Å². The number of hydrogen-bond donors (Lipinski definition) is 1. The highest BCUT2D eigenvalue weighted by atomic mass is 16.5. The highest BCUT2D eigenvalue weighted by Crippen LogP contribution is 2.21. The number of para-hydroxylation sites is 2. The lowest BCUT2D eigenvalue weighted by atomic mass is 10.1. The molecule has 0 spiro atoms. The van der Waals surface area contributed by atoms with Crippen molar-refractivity contribution in [3.63, 3.8) is 0 Å². The number of aromatic nitrogens is 2. The van der Waals surface area contributed by atoms with Crippen molar-refractivity contribution in [2.24, 2.45) is 0 Å². The average molecular weight is 398 g/mol. The zero-order valence-corrected chi connectivity index (χ0v) is 16.5. The van der Waals surface area contributed by atoms with Crippen molar-refractivity contribution in [2.45, 2.75) is 0 Å². The van der Waals surface area contributed by atoms with Gasteiger partial charge in [-0.05, 0) is 60.7 Å². The van der Waals surface area contributed by atoms with Crippen LogP contribution in [0, 0.1) is 0 Å². The fraction of sp³-hybridized carbons (Fsp3) is 0.167. The van der Waals surface area contributed by atoms with Crippen LogP contribution in [0.1, 0.15) is 10.4 Å². The van der Waals surface area contributed by atoms with Crippen LogP contribution < -0.4 is 10.2 Å². The van der Waals surface area contributed by atoms with Crippen molar-refractivity contribution < 1.29 is 9.53 Å². The van der Waals surface area contributed by atoms with Gasteiger partial charge in [-0.2, -0.15) is 0 Å². The lowest BCUT2D eigenvalue weighted by Crippen LogP contribution is -2.36. The third kappa shape index (κ3) is 3.65. The first-order valence-corrected chi connectivity index (χ1v) is 10.0. The summed E-state index contributed by atoms with van der Waals surface area (Å²) in [5, 5.41) is 2.97. The fourth-order valence-electron chi connectivity index (χ4n) is 3.72. The lowest BCUT2D eigenvalue weighted by molar-refractivity contribution is 0.102. The molecule has 1 aromatic heterocycles. The summed E-state index contributed by atoms with van der Waals surface area (Å²) in [6, 6.07) is 23.5. The molecule has 0 saturated carbocycles. The van der Waals surface area contributed by atoms with Gasteiger partial charge >= 0.3 is 0 Å². The van der Waals surface area contributed by atoms with Crippen molar-refractivity contribution in [3.8, 4) is 5.69 Å². The Morgan fingerprint density at radius 1 is 0.867 bits per heavy atom. The quantitative estimate of drug-likeness (QED) is 0.562. The molecule has 1 saturated heterocycles. The zero-order valence-electron chi connectivity index (χ0n) is 16.5. The molecule has 2 heterocycles. The van der Waals surface area contributed by atoms with Gasteiger partial charge in [-0.3, -0.25) is 9.36 Å². The highest BCUT2D eigenvalue weighted by molar-refractivity contribution is 6.04. The Morgan fingerprint density at radius 3 is 2.33 bits per heavy atom. The van der Waals surface area contributed by atoms with E-state index >= 15 is 0 Å². The number of hydrogen-bond acceptors (Lipinski definition) is 4. The highest BCUT2D eigenvalue weighted by Gasteiger charge is 2.12. The molecular weight excluding hydrogens is 376 g/mol. The number of ether oxygens (including phenoxy) is 1. The number of nitrogens with zero attached hydrogens (tertiary/aromatic N) is 3. The molecule has 5 rings (SSSR count). The number of imidazole rings is 1. The van der Waals surface area contributed by atoms with Gasteiger partial charge in [0.1, 0.15) is 6.33 Å². The summed E-state index contributed by atoms with van der Waals surface area (Å²) < 4.78 is 7.41. The third-order valence-electron chi connectivity index (χ3n) is 5.36. The molecule has 0 bridgehead atoms. The van der Waals surface area contributed by atoms with Gasteiger partial charge in [0.05, 0.1) is 24.2 Å². The Labute approximate surface area is 174 Å². The van der Waals surface area contributed by atoms with E-state index in [1.807, 2.05) is 77.4 Å². The second-order valence-corrected chi connectivity index (χ2v) is 7.25. The van der Waals surface area contributed by atoms with Gasteiger partial charge in [0.25, 0.3) is 5.91 Å². The Bertz CT molecular complexity index is 1160. The maximum absolute atomic E-state index is 12.7. The molecule has 1 fully saturated rings. The number of benzene rings is 3. The van der Waals surface area contributed by atoms with E-state index in [0.717, 1.165) is 54.4 Å². The second-order valence-electron chi connectivity index (χ2n) is 7.25. The largest absolute Gasteiger partial charge is 0.378 e. The van der Waals surface area contributed by atoms with E-state index < -0.39 is 0 Å². The minimum absolute atomic E-state index is 0.129. The van der Waals surface area contributed by atoms with E-state index in [2.05, 4.69) is 15.2 Å². The van der Waals surface area contributed by atoms with Gasteiger partial charge in [0, 0.05) is 35.7 Å². The molecular formula is C24H22N4O2. The first-order valence-electron chi connectivity index (χ1n) is 10.0. The Balaban J connectivity index is 1.28. The number of fused-ring (bicyclic) bond motifs is 1. The lowest BCUT2D eigenvalue weighted by Gasteiger charge is -2.28. The first-order chi connectivity index (χ1) is 14.8. The number of rotatable bonds is 4. The Kier molecular flexibility index (Phi) is 4.91. The maximum Gasteiger partial charge on any atom is 0.255 e. The number of nitrogens with one attached hydrogen (secondary N) is 1. The molecule has 0 unspecified atom stereocenters.